The lowest BCUT2D eigenvalue weighted by atomic mass is 10.1. The van der Waals surface area contributed by atoms with E-state index in [1.54, 1.807) is 36.4 Å². The Kier molecular flexibility index (Phi) is 5.64. The molecule has 0 radical (unpaired) electrons. The van der Waals surface area contributed by atoms with Crippen LogP contribution in [0.1, 0.15) is 5.56 Å². The smallest absolute Gasteiger partial charge is 0.220 e. The van der Waals surface area contributed by atoms with Crippen molar-refractivity contribution >= 4 is 78.2 Å². The van der Waals surface area contributed by atoms with E-state index in [1.165, 1.54) is 24.3 Å². The third-order valence-electron chi connectivity index (χ3n) is 4.03. The normalized spacial score (nSPS) is 13.0. The number of rotatable bonds is 3. The van der Waals surface area contributed by atoms with Crippen LogP contribution in [0.25, 0.3) is 10.8 Å². The van der Waals surface area contributed by atoms with E-state index in [4.69, 9.17) is 0 Å². The summed E-state index contributed by atoms with van der Waals surface area (Å²) in [7, 11) is -7.87. The van der Waals surface area contributed by atoms with Crippen molar-refractivity contribution in [2.24, 2.45) is 0 Å². The number of halogens is 3. The van der Waals surface area contributed by atoms with Gasteiger partial charge in [-0.2, -0.15) is 0 Å². The van der Waals surface area contributed by atoms with Gasteiger partial charge in [-0.3, -0.25) is 0 Å². The van der Waals surface area contributed by atoms with Gasteiger partial charge >= 0.3 is 0 Å². The van der Waals surface area contributed by atoms with Crippen molar-refractivity contribution in [1.82, 2.24) is 0 Å². The quantitative estimate of drug-likeness (QED) is 0.372. The molecule has 0 spiro atoms. The molecule has 0 saturated carbocycles. The molecule has 3 aromatic carbocycles. The van der Waals surface area contributed by atoms with Crippen LogP contribution in [0.4, 0.5) is 0 Å². The van der Waals surface area contributed by atoms with Gasteiger partial charge in [0, 0.05) is 5.39 Å². The molecule has 0 aliphatic carbocycles. The molecule has 27 heavy (non-hydrogen) atoms. The standard InChI is InChI=1S/C18H13Br3O4S2/c1-12-6-8-14(9-7-12)26(22,23)17-11-15(27(24,25)18(19,20)21)10-13-4-2-3-5-16(13)17/h2-11H,1H3. The first-order valence-electron chi connectivity index (χ1n) is 7.60. The summed E-state index contributed by atoms with van der Waals surface area (Å²) < 4.78 is 50.6. The Bertz CT molecular complexity index is 1230. The highest BCUT2D eigenvalue weighted by Gasteiger charge is 2.38. The highest BCUT2D eigenvalue weighted by atomic mass is 80.0. The Morgan fingerprint density at radius 1 is 0.778 bits per heavy atom. The lowest BCUT2D eigenvalue weighted by molar-refractivity contribution is 0.596. The van der Waals surface area contributed by atoms with Gasteiger partial charge in [0.15, 0.2) is 0 Å². The zero-order valence-corrected chi connectivity index (χ0v) is 20.2. The number of fused-ring (bicyclic) bond motifs is 1. The number of aryl methyl sites for hydroxylation is 1. The predicted molar refractivity (Wildman–Crippen MR) is 117 cm³/mol. The Hall–Kier alpha value is -0.740. The predicted octanol–water partition coefficient (Wildman–Crippen LogP) is 5.55. The minimum atomic E-state index is -3.95. The SMILES string of the molecule is Cc1ccc(S(=O)(=O)c2cc(S(=O)(=O)C(Br)(Br)Br)cc3ccccc23)cc1. The minimum Gasteiger partial charge on any atom is -0.220 e. The Labute approximate surface area is 183 Å². The maximum atomic E-state index is 13.3. The topological polar surface area (TPSA) is 68.3 Å². The van der Waals surface area contributed by atoms with Crippen LogP contribution in [-0.2, 0) is 19.7 Å². The van der Waals surface area contributed by atoms with E-state index in [9.17, 15) is 16.8 Å². The fraction of sp³-hybridized carbons (Fsp3) is 0.111. The number of hydrogen-bond donors (Lipinski definition) is 0. The lowest BCUT2D eigenvalue weighted by Crippen LogP contribution is -2.18. The molecule has 9 heteroatoms. The molecule has 0 saturated heterocycles. The van der Waals surface area contributed by atoms with Crippen LogP contribution >= 0.6 is 47.8 Å². The first kappa shape index (κ1) is 21.0. The number of alkyl halides is 3. The summed E-state index contributed by atoms with van der Waals surface area (Å²) in [5.74, 6) is 0. The third-order valence-corrected chi connectivity index (χ3v) is 11.1. The number of benzene rings is 3. The molecule has 4 nitrogen and oxygen atoms in total. The Balaban J connectivity index is 2.37. The van der Waals surface area contributed by atoms with Crippen molar-refractivity contribution in [3.63, 3.8) is 0 Å². The molecular formula is C18H13Br3O4S2. The highest BCUT2D eigenvalue weighted by Crippen LogP contribution is 2.44. The van der Waals surface area contributed by atoms with Gasteiger partial charge < -0.3 is 0 Å². The first-order chi connectivity index (χ1) is 12.4. The zero-order valence-electron chi connectivity index (χ0n) is 13.9. The summed E-state index contributed by atoms with van der Waals surface area (Å²) in [6.45, 7) is 1.86. The lowest BCUT2D eigenvalue weighted by Gasteiger charge is -2.16. The van der Waals surface area contributed by atoms with Gasteiger partial charge in [-0.15, -0.1) is 0 Å². The van der Waals surface area contributed by atoms with Gasteiger partial charge in [-0.25, -0.2) is 16.8 Å². The second-order valence-corrected chi connectivity index (χ2v) is 18.3. The largest absolute Gasteiger partial charge is 0.239 e. The first-order valence-corrected chi connectivity index (χ1v) is 12.9. The summed E-state index contributed by atoms with van der Waals surface area (Å²) in [6.07, 6.45) is 0. The maximum Gasteiger partial charge on any atom is 0.239 e. The van der Waals surface area contributed by atoms with Gasteiger partial charge in [-0.1, -0.05) is 42.0 Å². The molecule has 3 rings (SSSR count). The molecule has 0 heterocycles. The van der Waals surface area contributed by atoms with E-state index in [0.29, 0.717) is 10.8 Å². The average Bonchev–Trinajstić information content (AvgIpc) is 2.60. The van der Waals surface area contributed by atoms with Crippen LogP contribution in [0.3, 0.4) is 0 Å². The van der Waals surface area contributed by atoms with Crippen molar-refractivity contribution in [3.05, 3.63) is 66.2 Å². The third kappa shape index (κ3) is 3.89. The van der Waals surface area contributed by atoms with Crippen LogP contribution in [0, 0.1) is 6.92 Å². The molecule has 0 amide bonds. The van der Waals surface area contributed by atoms with Crippen molar-refractivity contribution in [2.45, 2.75) is 23.1 Å². The highest BCUT2D eigenvalue weighted by molar-refractivity contribution is 9.42. The molecule has 0 N–H and O–H groups in total. The average molecular weight is 597 g/mol. The van der Waals surface area contributed by atoms with E-state index in [1.807, 2.05) is 6.92 Å². The molecule has 0 aliphatic heterocycles. The zero-order chi connectivity index (χ0) is 20.0. The maximum absolute atomic E-state index is 13.3. The summed E-state index contributed by atoms with van der Waals surface area (Å²) in [5.41, 5.74) is 0.929. The van der Waals surface area contributed by atoms with E-state index < -0.39 is 21.1 Å². The molecule has 0 bridgehead atoms. The fourth-order valence-corrected chi connectivity index (χ4v) is 6.69. The molecule has 0 atom stereocenters. The molecule has 3 aromatic rings. The van der Waals surface area contributed by atoms with Crippen LogP contribution < -0.4 is 0 Å². The molecule has 0 fully saturated rings. The molecule has 0 aromatic heterocycles. The van der Waals surface area contributed by atoms with Crippen LogP contribution in [0.2, 0.25) is 0 Å². The molecular weight excluding hydrogens is 584 g/mol. The van der Waals surface area contributed by atoms with Crippen LogP contribution in [0.15, 0.2) is 75.4 Å². The number of sulfone groups is 2. The summed E-state index contributed by atoms with van der Waals surface area (Å²) in [4.78, 5) is -0.0760. The monoisotopic (exact) mass is 594 g/mol. The van der Waals surface area contributed by atoms with Crippen molar-refractivity contribution in [2.75, 3.05) is 0 Å². The molecule has 0 unspecified atom stereocenters. The van der Waals surface area contributed by atoms with Gasteiger partial charge in [0.05, 0.1) is 14.7 Å². The van der Waals surface area contributed by atoms with Gasteiger partial charge in [-0.05, 0) is 84.4 Å². The van der Waals surface area contributed by atoms with E-state index in [-0.39, 0.29) is 14.7 Å². The fourth-order valence-electron chi connectivity index (χ4n) is 2.60. The molecule has 142 valence electrons. The molecule has 0 aliphatic rings. The second kappa shape index (κ2) is 7.26. The van der Waals surface area contributed by atoms with Crippen molar-refractivity contribution < 1.29 is 16.8 Å². The van der Waals surface area contributed by atoms with Crippen molar-refractivity contribution in [1.29, 1.82) is 0 Å². The van der Waals surface area contributed by atoms with E-state index >= 15 is 0 Å². The van der Waals surface area contributed by atoms with Crippen LogP contribution in [-0.4, -0.2) is 18.3 Å². The van der Waals surface area contributed by atoms with Crippen molar-refractivity contribution in [3.8, 4) is 0 Å². The van der Waals surface area contributed by atoms with Gasteiger partial charge in [0.25, 0.3) is 0 Å². The Morgan fingerprint density at radius 3 is 1.96 bits per heavy atom. The summed E-state index contributed by atoms with van der Waals surface area (Å²) in [6, 6.07) is 15.9. The van der Waals surface area contributed by atoms with E-state index in [0.717, 1.165) is 5.56 Å². The summed E-state index contributed by atoms with van der Waals surface area (Å²) >= 11 is 9.07. The minimum absolute atomic E-state index is 0.0558. The number of hydrogen-bond acceptors (Lipinski definition) is 4. The summed E-state index contributed by atoms with van der Waals surface area (Å²) in [5, 5.41) is 0.974. The van der Waals surface area contributed by atoms with Gasteiger partial charge in [0.1, 0.15) is 0 Å². The van der Waals surface area contributed by atoms with E-state index in [2.05, 4.69) is 47.8 Å². The Morgan fingerprint density at radius 2 is 1.37 bits per heavy atom. The second-order valence-electron chi connectivity index (χ2n) is 5.91. The van der Waals surface area contributed by atoms with Crippen LogP contribution in [0.5, 0.6) is 0 Å². The van der Waals surface area contributed by atoms with Gasteiger partial charge in [0.2, 0.25) is 21.1 Å².